The smallest absolute Gasteiger partial charge is 0.325 e. The Morgan fingerprint density at radius 2 is 2.14 bits per heavy atom. The number of likely N-dealkylation sites (N-methyl/N-ethyl adjacent to an activating group) is 2. The molecule has 0 saturated heterocycles. The highest BCUT2D eigenvalue weighted by Crippen LogP contribution is 1.95. The van der Waals surface area contributed by atoms with Crippen molar-refractivity contribution in [1.29, 1.82) is 0 Å². The van der Waals surface area contributed by atoms with E-state index in [1.165, 1.54) is 18.1 Å². The molecule has 3 N–H and O–H groups in total. The Morgan fingerprint density at radius 1 is 1.43 bits per heavy atom. The number of aliphatic carboxylic acids is 1. The van der Waals surface area contributed by atoms with Gasteiger partial charge in [-0.1, -0.05) is 5.21 Å². The fourth-order valence-electron chi connectivity index (χ4n) is 1.49. The van der Waals surface area contributed by atoms with Crippen molar-refractivity contribution in [2.45, 2.75) is 20.0 Å². The Labute approximate surface area is 121 Å². The van der Waals surface area contributed by atoms with E-state index in [1.807, 2.05) is 0 Å². The van der Waals surface area contributed by atoms with Crippen LogP contribution in [0.2, 0.25) is 0 Å². The second-order valence-corrected chi connectivity index (χ2v) is 4.15. The maximum Gasteiger partial charge on any atom is 0.325 e. The van der Waals surface area contributed by atoms with Gasteiger partial charge in [0.2, 0.25) is 5.91 Å². The molecule has 0 saturated carbocycles. The Morgan fingerprint density at radius 3 is 2.71 bits per heavy atom. The largest absolute Gasteiger partial charge is 0.480 e. The van der Waals surface area contributed by atoms with Crippen LogP contribution in [-0.2, 0) is 22.7 Å². The van der Waals surface area contributed by atoms with Crippen molar-refractivity contribution >= 4 is 17.9 Å². The molecular weight excluding hydrogens is 280 g/mol. The van der Waals surface area contributed by atoms with E-state index in [4.69, 9.17) is 5.11 Å². The second kappa shape index (κ2) is 7.82. The zero-order valence-corrected chi connectivity index (χ0v) is 11.9. The van der Waals surface area contributed by atoms with Gasteiger partial charge in [0.05, 0.1) is 12.7 Å². The van der Waals surface area contributed by atoms with Crippen molar-refractivity contribution in [3.63, 3.8) is 0 Å². The second-order valence-electron chi connectivity index (χ2n) is 4.15. The van der Waals surface area contributed by atoms with E-state index in [0.29, 0.717) is 12.2 Å². The zero-order chi connectivity index (χ0) is 15.8. The quantitative estimate of drug-likeness (QED) is 0.570. The lowest BCUT2D eigenvalue weighted by atomic mass is 10.4. The summed E-state index contributed by atoms with van der Waals surface area (Å²) >= 11 is 0. The third-order valence-corrected chi connectivity index (χ3v) is 2.59. The first kappa shape index (κ1) is 16.4. The van der Waals surface area contributed by atoms with Gasteiger partial charge in [-0.15, -0.1) is 5.10 Å². The van der Waals surface area contributed by atoms with Crippen molar-refractivity contribution in [3.8, 4) is 0 Å². The molecular formula is C11H18N6O4. The highest BCUT2D eigenvalue weighted by Gasteiger charge is 2.15. The third kappa shape index (κ3) is 5.47. The highest BCUT2D eigenvalue weighted by atomic mass is 16.4. The SMILES string of the molecule is CCN(CC(=O)NC)C(=O)NCc1cn(CC(=O)O)nn1. The summed E-state index contributed by atoms with van der Waals surface area (Å²) in [6.45, 7) is 1.91. The first-order valence-corrected chi connectivity index (χ1v) is 6.30. The van der Waals surface area contributed by atoms with Crippen LogP contribution in [0.3, 0.4) is 0 Å². The first-order valence-electron chi connectivity index (χ1n) is 6.30. The third-order valence-electron chi connectivity index (χ3n) is 2.59. The molecule has 0 radical (unpaired) electrons. The maximum absolute atomic E-state index is 11.9. The van der Waals surface area contributed by atoms with Crippen molar-refractivity contribution in [1.82, 2.24) is 30.5 Å². The van der Waals surface area contributed by atoms with Gasteiger partial charge in [-0.25, -0.2) is 9.48 Å². The van der Waals surface area contributed by atoms with Crippen LogP contribution in [0.25, 0.3) is 0 Å². The summed E-state index contributed by atoms with van der Waals surface area (Å²) < 4.78 is 1.16. The average Bonchev–Trinajstić information content (AvgIpc) is 2.88. The van der Waals surface area contributed by atoms with Crippen LogP contribution >= 0.6 is 0 Å². The highest BCUT2D eigenvalue weighted by molar-refractivity contribution is 5.83. The van der Waals surface area contributed by atoms with E-state index < -0.39 is 12.0 Å². The molecule has 1 aromatic rings. The molecule has 10 nitrogen and oxygen atoms in total. The molecule has 10 heteroatoms. The summed E-state index contributed by atoms with van der Waals surface area (Å²) in [6.07, 6.45) is 1.43. The minimum atomic E-state index is -1.03. The Bertz CT molecular complexity index is 515. The summed E-state index contributed by atoms with van der Waals surface area (Å²) in [4.78, 5) is 35.0. The normalized spacial score (nSPS) is 10.0. The summed E-state index contributed by atoms with van der Waals surface area (Å²) in [5.41, 5.74) is 0.431. The number of nitrogens with one attached hydrogen (secondary N) is 2. The van der Waals surface area contributed by atoms with Crippen LogP contribution in [-0.4, -0.2) is 63.0 Å². The van der Waals surface area contributed by atoms with Crippen molar-refractivity contribution in [2.24, 2.45) is 0 Å². The molecule has 0 aliphatic heterocycles. The summed E-state index contributed by atoms with van der Waals surface area (Å²) in [5, 5.41) is 21.0. The fourth-order valence-corrected chi connectivity index (χ4v) is 1.49. The van der Waals surface area contributed by atoms with E-state index in [1.54, 1.807) is 6.92 Å². The number of nitrogens with zero attached hydrogens (tertiary/aromatic N) is 4. The van der Waals surface area contributed by atoms with Crippen molar-refractivity contribution in [2.75, 3.05) is 20.1 Å². The van der Waals surface area contributed by atoms with Gasteiger partial charge in [-0.05, 0) is 6.92 Å². The van der Waals surface area contributed by atoms with Gasteiger partial charge in [0.25, 0.3) is 0 Å². The standard InChI is InChI=1S/C11H18N6O4/c1-3-16(6-9(18)12-2)11(21)13-4-8-5-17(15-14-8)7-10(19)20/h5H,3-4,6-7H2,1-2H3,(H,12,18)(H,13,21)(H,19,20). The zero-order valence-electron chi connectivity index (χ0n) is 11.9. The van der Waals surface area contributed by atoms with Gasteiger partial charge in [-0.2, -0.15) is 0 Å². The van der Waals surface area contributed by atoms with Crippen molar-refractivity contribution in [3.05, 3.63) is 11.9 Å². The number of carbonyl (C=O) groups excluding carboxylic acids is 2. The van der Waals surface area contributed by atoms with Crippen molar-refractivity contribution < 1.29 is 19.5 Å². The number of amides is 3. The van der Waals surface area contributed by atoms with Crippen LogP contribution < -0.4 is 10.6 Å². The first-order chi connectivity index (χ1) is 9.96. The molecule has 1 rings (SSSR count). The van der Waals surface area contributed by atoms with E-state index in [2.05, 4.69) is 20.9 Å². The number of urea groups is 1. The van der Waals surface area contributed by atoms with Crippen LogP contribution in [0.5, 0.6) is 0 Å². The average molecular weight is 298 g/mol. The van der Waals surface area contributed by atoms with Crippen LogP contribution in [0.1, 0.15) is 12.6 Å². The lowest BCUT2D eigenvalue weighted by molar-refractivity contribution is -0.137. The lowest BCUT2D eigenvalue weighted by Gasteiger charge is -2.19. The number of rotatable bonds is 7. The van der Waals surface area contributed by atoms with E-state index in [-0.39, 0.29) is 25.5 Å². The lowest BCUT2D eigenvalue weighted by Crippen LogP contribution is -2.44. The van der Waals surface area contributed by atoms with Gasteiger partial charge in [-0.3, -0.25) is 9.59 Å². The molecule has 116 valence electrons. The number of hydrogen-bond donors (Lipinski definition) is 3. The molecule has 1 aromatic heterocycles. The summed E-state index contributed by atoms with van der Waals surface area (Å²) in [7, 11) is 1.49. The number of carbonyl (C=O) groups is 3. The van der Waals surface area contributed by atoms with Gasteiger partial charge < -0.3 is 20.6 Å². The Kier molecular flexibility index (Phi) is 6.11. The molecule has 21 heavy (non-hydrogen) atoms. The molecule has 0 spiro atoms. The minimum absolute atomic E-state index is 0.0372. The van der Waals surface area contributed by atoms with Crippen LogP contribution in [0, 0.1) is 0 Å². The monoisotopic (exact) mass is 298 g/mol. The number of hydrogen-bond acceptors (Lipinski definition) is 5. The Hall–Kier alpha value is -2.65. The molecule has 1 heterocycles. The van der Waals surface area contributed by atoms with Gasteiger partial charge in [0.1, 0.15) is 18.8 Å². The van der Waals surface area contributed by atoms with E-state index in [0.717, 1.165) is 4.68 Å². The molecule has 0 aliphatic carbocycles. The Balaban J connectivity index is 2.49. The number of carboxylic acid groups (broad SMARTS) is 1. The topological polar surface area (TPSA) is 129 Å². The van der Waals surface area contributed by atoms with E-state index >= 15 is 0 Å². The van der Waals surface area contributed by atoms with E-state index in [9.17, 15) is 14.4 Å². The molecule has 0 aromatic carbocycles. The molecule has 0 unspecified atom stereocenters. The number of aromatic nitrogens is 3. The molecule has 0 atom stereocenters. The van der Waals surface area contributed by atoms with Gasteiger partial charge in [0, 0.05) is 13.6 Å². The van der Waals surface area contributed by atoms with Gasteiger partial charge in [0.15, 0.2) is 0 Å². The molecule has 0 fully saturated rings. The predicted octanol–water partition coefficient (Wildman–Crippen LogP) is -1.36. The molecule has 0 aliphatic rings. The fraction of sp³-hybridized carbons (Fsp3) is 0.545. The molecule has 3 amide bonds. The summed E-state index contributed by atoms with van der Waals surface area (Å²) in [6, 6.07) is -0.408. The maximum atomic E-state index is 11.9. The summed E-state index contributed by atoms with van der Waals surface area (Å²) in [5.74, 6) is -1.29. The van der Waals surface area contributed by atoms with Crippen LogP contribution in [0.4, 0.5) is 4.79 Å². The number of carboxylic acids is 1. The predicted molar refractivity (Wildman–Crippen MR) is 71.2 cm³/mol. The molecule has 0 bridgehead atoms. The minimum Gasteiger partial charge on any atom is -0.480 e. The van der Waals surface area contributed by atoms with Gasteiger partial charge >= 0.3 is 12.0 Å². The van der Waals surface area contributed by atoms with Crippen LogP contribution in [0.15, 0.2) is 6.20 Å².